The van der Waals surface area contributed by atoms with Crippen LogP contribution in [0.15, 0.2) is 0 Å². The average molecular weight is 668 g/mol. The van der Waals surface area contributed by atoms with Crippen molar-refractivity contribution in [1.29, 1.82) is 0 Å². The van der Waals surface area contributed by atoms with Crippen LogP contribution in [0, 0.1) is 5.92 Å². The Bertz CT molecular complexity index is 999. The maximum atomic E-state index is 13.2. The lowest BCUT2D eigenvalue weighted by molar-refractivity contribution is -0.308. The van der Waals surface area contributed by atoms with Crippen molar-refractivity contribution in [3.05, 3.63) is 0 Å². The third-order valence-corrected chi connectivity index (χ3v) is 9.80. The molecule has 1 amide bonds. The Morgan fingerprint density at radius 2 is 1.63 bits per heavy atom. The maximum Gasteiger partial charge on any atom is 0.252 e. The molecule has 0 radical (unpaired) electrons. The second-order valence-corrected chi connectivity index (χ2v) is 13.2. The largest absolute Gasteiger partial charge is 0.394 e. The first-order valence-electron chi connectivity index (χ1n) is 15.8. The highest BCUT2D eigenvalue weighted by Gasteiger charge is 2.57. The summed E-state index contributed by atoms with van der Waals surface area (Å²) < 4.78 is 17.8. The Hall–Kier alpha value is -1.21. The smallest absolute Gasteiger partial charge is 0.252 e. The molecule has 4 fully saturated rings. The molecule has 0 aromatic heterocycles. The summed E-state index contributed by atoms with van der Waals surface area (Å²) in [4.78, 5) is 13.2. The standard InChI is InChI=1S/C27H53N7O12/c28-2-1-10(36)7-33-17-22(41)19(38)13(6-29)44-24(17)15-11(31)3-12(34-26(42)27(43)4-9(30)5-27)23(20(15)39)46-25-21(40)16(32)18(37)14(8-35)45-25/h9-25,33,35-41,43H,1-8,28-32H2,(H,34,42). The number of carbonyl (C=O) groups is 1. The van der Waals surface area contributed by atoms with E-state index in [-0.39, 0.29) is 51.4 Å². The summed E-state index contributed by atoms with van der Waals surface area (Å²) in [7, 11) is 0. The minimum Gasteiger partial charge on any atom is -0.394 e. The van der Waals surface area contributed by atoms with Gasteiger partial charge >= 0.3 is 0 Å². The van der Waals surface area contributed by atoms with E-state index in [9.17, 15) is 45.6 Å². The minimum atomic E-state index is -1.76. The van der Waals surface area contributed by atoms with Crippen LogP contribution in [0.3, 0.4) is 0 Å². The van der Waals surface area contributed by atoms with E-state index in [1.807, 2.05) is 0 Å². The summed E-state index contributed by atoms with van der Waals surface area (Å²) >= 11 is 0. The van der Waals surface area contributed by atoms with Crippen molar-refractivity contribution in [3.8, 4) is 0 Å². The molecule has 4 rings (SSSR count). The van der Waals surface area contributed by atoms with Gasteiger partial charge in [-0.15, -0.1) is 0 Å². The highest BCUT2D eigenvalue weighted by atomic mass is 16.7. The number of rotatable bonds is 12. The lowest BCUT2D eigenvalue weighted by atomic mass is 9.70. The summed E-state index contributed by atoms with van der Waals surface area (Å²) in [6, 6.07) is -4.80. The van der Waals surface area contributed by atoms with Crippen LogP contribution < -0.4 is 39.3 Å². The fraction of sp³-hybridized carbons (Fsp3) is 0.963. The molecule has 2 saturated carbocycles. The monoisotopic (exact) mass is 667 g/mol. The molecular weight excluding hydrogens is 614 g/mol. The zero-order chi connectivity index (χ0) is 34.1. The van der Waals surface area contributed by atoms with Gasteiger partial charge in [-0.3, -0.25) is 4.79 Å². The number of hydrogen-bond donors (Lipinski definition) is 15. The average Bonchev–Trinajstić information content (AvgIpc) is 2.99. The maximum absolute atomic E-state index is 13.2. The Balaban J connectivity index is 1.65. The molecule has 2 aliphatic carbocycles. The van der Waals surface area contributed by atoms with Crippen LogP contribution in [0.1, 0.15) is 25.7 Å². The number of hydrogen-bond acceptors (Lipinski definition) is 18. The summed E-state index contributed by atoms with van der Waals surface area (Å²) in [5.74, 6) is -1.85. The molecule has 0 aromatic carbocycles. The van der Waals surface area contributed by atoms with Crippen LogP contribution in [0.25, 0.3) is 0 Å². The number of aliphatic hydroxyl groups excluding tert-OH is 7. The molecule has 2 heterocycles. The quantitative estimate of drug-likeness (QED) is 0.0918. The number of carbonyl (C=O) groups excluding carboxylic acids is 1. The topological polar surface area (TPSA) is 361 Å². The van der Waals surface area contributed by atoms with Crippen molar-refractivity contribution in [1.82, 2.24) is 10.6 Å². The highest BCUT2D eigenvalue weighted by Crippen LogP contribution is 2.38. The van der Waals surface area contributed by atoms with Crippen molar-refractivity contribution >= 4 is 5.91 Å². The molecule has 268 valence electrons. The van der Waals surface area contributed by atoms with E-state index >= 15 is 0 Å². The molecule has 16 atom stereocenters. The van der Waals surface area contributed by atoms with Gasteiger partial charge in [0.1, 0.15) is 42.2 Å². The predicted octanol–water partition coefficient (Wildman–Crippen LogP) is -8.70. The van der Waals surface area contributed by atoms with Gasteiger partial charge in [-0.1, -0.05) is 0 Å². The fourth-order valence-corrected chi connectivity index (χ4v) is 7.05. The molecule has 0 bridgehead atoms. The number of amides is 1. The van der Waals surface area contributed by atoms with Gasteiger partial charge in [-0.2, -0.15) is 0 Å². The highest BCUT2D eigenvalue weighted by molar-refractivity contribution is 5.86. The molecule has 19 nitrogen and oxygen atoms in total. The SMILES string of the molecule is NCCC(O)CNC1C(O)C(O)C(CN)OC1C1C(N)CC(NC(=O)C2(O)CC(N)C2)C(OC2OC(CO)C(O)C(N)C2O)C1O. The zero-order valence-electron chi connectivity index (χ0n) is 25.6. The van der Waals surface area contributed by atoms with Gasteiger partial charge in [0.2, 0.25) is 0 Å². The van der Waals surface area contributed by atoms with Gasteiger partial charge in [0.15, 0.2) is 6.29 Å². The molecule has 0 aromatic rings. The normalized spacial score (nSPS) is 48.8. The van der Waals surface area contributed by atoms with Crippen molar-refractivity contribution in [2.24, 2.45) is 34.6 Å². The van der Waals surface area contributed by atoms with Gasteiger partial charge in [0.05, 0.1) is 49.1 Å². The van der Waals surface area contributed by atoms with Crippen LogP contribution in [0.2, 0.25) is 0 Å². The Kier molecular flexibility index (Phi) is 12.7. The third-order valence-electron chi connectivity index (χ3n) is 9.80. The van der Waals surface area contributed by atoms with E-state index in [0.29, 0.717) is 0 Å². The van der Waals surface area contributed by atoms with Crippen LogP contribution in [0.4, 0.5) is 0 Å². The molecule has 19 heteroatoms. The van der Waals surface area contributed by atoms with E-state index in [1.54, 1.807) is 0 Å². The van der Waals surface area contributed by atoms with E-state index in [0.717, 1.165) is 0 Å². The Labute approximate surface area is 266 Å². The first-order chi connectivity index (χ1) is 21.7. The summed E-state index contributed by atoms with van der Waals surface area (Å²) in [5, 5.41) is 91.3. The van der Waals surface area contributed by atoms with Gasteiger partial charge in [-0.05, 0) is 19.4 Å². The number of ether oxygens (including phenoxy) is 3. The van der Waals surface area contributed by atoms with E-state index in [4.69, 9.17) is 42.9 Å². The second-order valence-electron chi connectivity index (χ2n) is 13.2. The number of aliphatic hydroxyl groups is 8. The predicted molar refractivity (Wildman–Crippen MR) is 158 cm³/mol. The molecule has 4 aliphatic rings. The van der Waals surface area contributed by atoms with Crippen molar-refractivity contribution in [3.63, 3.8) is 0 Å². The first kappa shape index (κ1) is 37.6. The Morgan fingerprint density at radius 3 is 2.22 bits per heavy atom. The molecule has 2 saturated heterocycles. The molecule has 16 unspecified atom stereocenters. The van der Waals surface area contributed by atoms with E-state index in [1.165, 1.54) is 0 Å². The second kappa shape index (κ2) is 15.6. The van der Waals surface area contributed by atoms with Gasteiger partial charge in [0.25, 0.3) is 5.91 Å². The molecular formula is C27H53N7O12. The molecule has 20 N–H and O–H groups in total. The van der Waals surface area contributed by atoms with Gasteiger partial charge in [0, 0.05) is 43.9 Å². The number of nitrogens with two attached hydrogens (primary N) is 5. The lowest BCUT2D eigenvalue weighted by Gasteiger charge is -2.53. The van der Waals surface area contributed by atoms with Crippen LogP contribution in [-0.2, 0) is 19.0 Å². The Morgan fingerprint density at radius 1 is 0.957 bits per heavy atom. The fourth-order valence-electron chi connectivity index (χ4n) is 7.05. The van der Waals surface area contributed by atoms with Crippen LogP contribution in [-0.4, -0.2) is 176 Å². The van der Waals surface area contributed by atoms with Crippen LogP contribution >= 0.6 is 0 Å². The zero-order valence-corrected chi connectivity index (χ0v) is 25.6. The number of nitrogens with one attached hydrogen (secondary N) is 2. The molecule has 0 spiro atoms. The van der Waals surface area contributed by atoms with E-state index < -0.39 is 116 Å². The van der Waals surface area contributed by atoms with Crippen molar-refractivity contribution in [2.45, 2.75) is 129 Å². The van der Waals surface area contributed by atoms with Crippen molar-refractivity contribution in [2.75, 3.05) is 26.2 Å². The molecule has 46 heavy (non-hydrogen) atoms. The summed E-state index contributed by atoms with van der Waals surface area (Å²) in [6.45, 7) is -0.726. The van der Waals surface area contributed by atoms with Gasteiger partial charge < -0.3 is 94.4 Å². The first-order valence-corrected chi connectivity index (χ1v) is 15.8. The van der Waals surface area contributed by atoms with Gasteiger partial charge in [-0.25, -0.2) is 0 Å². The summed E-state index contributed by atoms with van der Waals surface area (Å²) in [5.41, 5.74) is 28.0. The lowest BCUT2D eigenvalue weighted by Crippen LogP contribution is -2.73. The van der Waals surface area contributed by atoms with E-state index in [2.05, 4.69) is 10.6 Å². The molecule has 2 aliphatic heterocycles. The van der Waals surface area contributed by atoms with Crippen LogP contribution in [0.5, 0.6) is 0 Å². The van der Waals surface area contributed by atoms with Crippen molar-refractivity contribution < 1.29 is 59.9 Å². The summed E-state index contributed by atoms with van der Waals surface area (Å²) in [6.07, 6.45) is -14.8. The minimum absolute atomic E-state index is 0.00362. The third kappa shape index (κ3) is 7.66.